The summed E-state index contributed by atoms with van der Waals surface area (Å²) in [5, 5.41) is 10.1. The fraction of sp³-hybridized carbons (Fsp3) is 0. The highest BCUT2D eigenvalue weighted by Gasteiger charge is 2.06. The van der Waals surface area contributed by atoms with Gasteiger partial charge in [-0.3, -0.25) is 10.1 Å². The van der Waals surface area contributed by atoms with Crippen molar-refractivity contribution in [1.82, 2.24) is 0 Å². The maximum Gasteiger partial charge on any atom is 0.235 e. The lowest BCUT2D eigenvalue weighted by molar-refractivity contribution is -0.400. The second kappa shape index (κ2) is 4.39. The third-order valence-corrected chi connectivity index (χ3v) is 2.03. The molecule has 0 unspecified atom stereocenters. The molecule has 0 atom stereocenters. The fourth-order valence-corrected chi connectivity index (χ4v) is 1.43. The third kappa shape index (κ3) is 2.68. The summed E-state index contributed by atoms with van der Waals surface area (Å²) in [4.78, 5) is 9.36. The Labute approximate surface area is 88.9 Å². The maximum atomic E-state index is 12.7. The number of benzene rings is 1. The minimum Gasteiger partial charge on any atom is -0.259 e. The van der Waals surface area contributed by atoms with E-state index in [1.165, 1.54) is 0 Å². The molecule has 0 N–H and O–H groups in total. The van der Waals surface area contributed by atoms with Gasteiger partial charge in [0.1, 0.15) is 5.82 Å². The van der Waals surface area contributed by atoms with Gasteiger partial charge in [-0.2, -0.15) is 0 Å². The van der Waals surface area contributed by atoms with Gasteiger partial charge in [0.15, 0.2) is 0 Å². The van der Waals surface area contributed by atoms with E-state index >= 15 is 0 Å². The van der Waals surface area contributed by atoms with Gasteiger partial charge >= 0.3 is 0 Å². The van der Waals surface area contributed by atoms with Gasteiger partial charge in [-0.1, -0.05) is 23.2 Å². The van der Waals surface area contributed by atoms with E-state index in [4.69, 9.17) is 23.2 Å². The quantitative estimate of drug-likeness (QED) is 0.583. The molecule has 0 saturated heterocycles. The zero-order valence-corrected chi connectivity index (χ0v) is 8.22. The van der Waals surface area contributed by atoms with Crippen LogP contribution in [0, 0.1) is 15.9 Å². The minimum atomic E-state index is -0.657. The first kappa shape index (κ1) is 10.9. The molecule has 74 valence electrons. The molecule has 0 aliphatic heterocycles. The molecule has 0 aliphatic carbocycles. The zero-order chi connectivity index (χ0) is 10.7. The Balaban J connectivity index is 3.15. The summed E-state index contributed by atoms with van der Waals surface area (Å²) in [6, 6.07) is 2.07. The lowest BCUT2D eigenvalue weighted by Crippen LogP contribution is -1.85. The topological polar surface area (TPSA) is 43.1 Å². The summed E-state index contributed by atoms with van der Waals surface area (Å²) in [7, 11) is 0. The van der Waals surface area contributed by atoms with Crippen LogP contribution in [0.4, 0.5) is 4.39 Å². The van der Waals surface area contributed by atoms with Crippen LogP contribution < -0.4 is 0 Å². The summed E-state index contributed by atoms with van der Waals surface area (Å²) < 4.78 is 12.7. The van der Waals surface area contributed by atoms with E-state index in [1.54, 1.807) is 0 Å². The molecular weight excluding hydrogens is 232 g/mol. The van der Waals surface area contributed by atoms with Crippen molar-refractivity contribution in [2.75, 3.05) is 0 Å². The number of hydrogen-bond acceptors (Lipinski definition) is 2. The highest BCUT2D eigenvalue weighted by atomic mass is 35.5. The van der Waals surface area contributed by atoms with Crippen LogP contribution in [0.15, 0.2) is 18.3 Å². The Hall–Kier alpha value is -1.13. The van der Waals surface area contributed by atoms with Gasteiger partial charge < -0.3 is 0 Å². The molecule has 0 spiro atoms. The molecule has 1 aromatic carbocycles. The van der Waals surface area contributed by atoms with Crippen molar-refractivity contribution in [3.63, 3.8) is 0 Å². The van der Waals surface area contributed by atoms with Gasteiger partial charge in [0.25, 0.3) is 0 Å². The lowest BCUT2D eigenvalue weighted by atomic mass is 10.2. The standard InChI is InChI=1S/C8H4Cl2FNO2/c9-7-3-5(11)4-8(10)6(7)1-2-12(13)14/h1-4H. The molecule has 3 nitrogen and oxygen atoms in total. The first-order valence-corrected chi connectivity index (χ1v) is 4.22. The maximum absolute atomic E-state index is 12.7. The summed E-state index contributed by atoms with van der Waals surface area (Å²) in [5.41, 5.74) is 0.228. The molecule has 0 fully saturated rings. The predicted molar refractivity (Wildman–Crippen MR) is 52.4 cm³/mol. The van der Waals surface area contributed by atoms with Gasteiger partial charge in [-0.15, -0.1) is 0 Å². The van der Waals surface area contributed by atoms with Gasteiger partial charge in [-0.25, -0.2) is 4.39 Å². The Morgan fingerprint density at radius 1 is 1.36 bits per heavy atom. The van der Waals surface area contributed by atoms with E-state index in [9.17, 15) is 14.5 Å². The highest BCUT2D eigenvalue weighted by molar-refractivity contribution is 6.37. The summed E-state index contributed by atoms with van der Waals surface area (Å²) in [6.45, 7) is 0. The average molecular weight is 236 g/mol. The van der Waals surface area contributed by atoms with E-state index in [1.807, 2.05) is 0 Å². The molecular formula is C8H4Cl2FNO2. The van der Waals surface area contributed by atoms with Crippen LogP contribution in [0.1, 0.15) is 5.56 Å². The first-order valence-electron chi connectivity index (χ1n) is 3.47. The number of hydrogen-bond donors (Lipinski definition) is 0. The fourth-order valence-electron chi connectivity index (χ4n) is 0.848. The Morgan fingerprint density at radius 3 is 2.29 bits per heavy atom. The molecule has 0 saturated carbocycles. The van der Waals surface area contributed by atoms with Gasteiger partial charge in [0, 0.05) is 11.6 Å². The van der Waals surface area contributed by atoms with Crippen molar-refractivity contribution in [2.24, 2.45) is 0 Å². The van der Waals surface area contributed by atoms with Crippen molar-refractivity contribution in [3.05, 3.63) is 49.9 Å². The number of rotatable bonds is 2. The molecule has 14 heavy (non-hydrogen) atoms. The Bertz CT molecular complexity index is 383. The molecule has 6 heteroatoms. The molecule has 0 amide bonds. The molecule has 0 aromatic heterocycles. The van der Waals surface area contributed by atoms with Gasteiger partial charge in [-0.05, 0) is 12.1 Å². The number of nitro groups is 1. The molecule has 1 rings (SSSR count). The van der Waals surface area contributed by atoms with Gasteiger partial charge in [0.2, 0.25) is 6.20 Å². The summed E-state index contributed by atoms with van der Waals surface area (Å²) in [6.07, 6.45) is 1.80. The van der Waals surface area contributed by atoms with Crippen molar-refractivity contribution in [3.8, 4) is 0 Å². The average Bonchev–Trinajstić information content (AvgIpc) is 2.01. The van der Waals surface area contributed by atoms with Crippen molar-refractivity contribution in [1.29, 1.82) is 0 Å². The molecule has 0 radical (unpaired) electrons. The number of halogens is 3. The van der Waals surface area contributed by atoms with Crippen molar-refractivity contribution < 1.29 is 9.31 Å². The van der Waals surface area contributed by atoms with E-state index in [-0.39, 0.29) is 15.6 Å². The Kier molecular flexibility index (Phi) is 3.43. The monoisotopic (exact) mass is 235 g/mol. The van der Waals surface area contributed by atoms with Crippen LogP contribution in [-0.4, -0.2) is 4.92 Å². The normalized spacial score (nSPS) is 10.8. The van der Waals surface area contributed by atoms with Crippen molar-refractivity contribution in [2.45, 2.75) is 0 Å². The van der Waals surface area contributed by atoms with E-state index in [0.717, 1.165) is 18.2 Å². The van der Waals surface area contributed by atoms with E-state index in [0.29, 0.717) is 6.20 Å². The first-order chi connectivity index (χ1) is 6.50. The molecule has 0 bridgehead atoms. The van der Waals surface area contributed by atoms with Crippen LogP contribution in [0.2, 0.25) is 10.0 Å². The Morgan fingerprint density at radius 2 is 1.86 bits per heavy atom. The molecule has 0 heterocycles. The summed E-state index contributed by atoms with van der Waals surface area (Å²) >= 11 is 11.2. The van der Waals surface area contributed by atoms with Crippen LogP contribution in [0.25, 0.3) is 6.08 Å². The lowest BCUT2D eigenvalue weighted by Gasteiger charge is -2.00. The number of nitrogens with zero attached hydrogens (tertiary/aromatic N) is 1. The second-order valence-electron chi connectivity index (χ2n) is 2.38. The SMILES string of the molecule is O=[N+]([O-])C=Cc1c(Cl)cc(F)cc1Cl. The highest BCUT2D eigenvalue weighted by Crippen LogP contribution is 2.27. The van der Waals surface area contributed by atoms with Crippen LogP contribution in [-0.2, 0) is 0 Å². The third-order valence-electron chi connectivity index (χ3n) is 1.41. The van der Waals surface area contributed by atoms with E-state index in [2.05, 4.69) is 0 Å². The van der Waals surface area contributed by atoms with Crippen molar-refractivity contribution >= 4 is 29.3 Å². The molecule has 0 aliphatic rings. The van der Waals surface area contributed by atoms with E-state index < -0.39 is 10.7 Å². The van der Waals surface area contributed by atoms with Crippen LogP contribution >= 0.6 is 23.2 Å². The zero-order valence-electron chi connectivity index (χ0n) is 6.71. The predicted octanol–water partition coefficient (Wildman–Crippen LogP) is 3.38. The smallest absolute Gasteiger partial charge is 0.235 e. The minimum absolute atomic E-state index is 0.0353. The second-order valence-corrected chi connectivity index (χ2v) is 3.20. The van der Waals surface area contributed by atoms with Gasteiger partial charge in [0.05, 0.1) is 15.0 Å². The van der Waals surface area contributed by atoms with Crippen LogP contribution in [0.5, 0.6) is 0 Å². The largest absolute Gasteiger partial charge is 0.259 e. The molecule has 1 aromatic rings. The van der Waals surface area contributed by atoms with Crippen LogP contribution in [0.3, 0.4) is 0 Å². The summed E-state index contributed by atoms with van der Waals surface area (Å²) in [5.74, 6) is -0.585.